The molecule has 14 heavy (non-hydrogen) atoms. The summed E-state index contributed by atoms with van der Waals surface area (Å²) in [5.74, 6) is 0. The molecule has 0 aliphatic heterocycles. The lowest BCUT2D eigenvalue weighted by atomic mass is 10.0. The molecule has 0 atom stereocenters. The Hall–Kier alpha value is -1.02. The molecule has 1 nitrogen and oxygen atoms in total. The molecule has 1 aromatic carbocycles. The quantitative estimate of drug-likeness (QED) is 0.745. The summed E-state index contributed by atoms with van der Waals surface area (Å²) in [6.45, 7) is 4.35. The SMILES string of the molecule is CCc1cc(CC)c2sccc2c1N. The molecule has 2 N–H and O–H groups in total. The summed E-state index contributed by atoms with van der Waals surface area (Å²) in [6, 6.07) is 4.39. The Bertz CT molecular complexity index is 457. The first-order valence-corrected chi connectivity index (χ1v) is 5.93. The summed E-state index contributed by atoms with van der Waals surface area (Å²) in [7, 11) is 0. The third kappa shape index (κ3) is 1.30. The molecule has 0 spiro atoms. The fraction of sp³-hybridized carbons (Fsp3) is 0.333. The molecule has 1 heterocycles. The van der Waals surface area contributed by atoms with Crippen molar-refractivity contribution in [3.63, 3.8) is 0 Å². The smallest absolute Gasteiger partial charge is 0.0434 e. The maximum Gasteiger partial charge on any atom is 0.0434 e. The Morgan fingerprint density at radius 1 is 1.21 bits per heavy atom. The molecule has 1 aromatic heterocycles. The van der Waals surface area contributed by atoms with Crippen molar-refractivity contribution in [1.29, 1.82) is 0 Å². The van der Waals surface area contributed by atoms with Gasteiger partial charge in [0.25, 0.3) is 0 Å². The van der Waals surface area contributed by atoms with Crippen LogP contribution < -0.4 is 5.73 Å². The number of anilines is 1. The molecule has 0 unspecified atom stereocenters. The van der Waals surface area contributed by atoms with Gasteiger partial charge in [0.1, 0.15) is 0 Å². The van der Waals surface area contributed by atoms with Crippen LogP contribution in [0.25, 0.3) is 10.1 Å². The summed E-state index contributed by atoms with van der Waals surface area (Å²) in [6.07, 6.45) is 2.11. The normalized spacial score (nSPS) is 11.0. The van der Waals surface area contributed by atoms with Gasteiger partial charge in [0.2, 0.25) is 0 Å². The van der Waals surface area contributed by atoms with Crippen LogP contribution in [0.1, 0.15) is 25.0 Å². The maximum atomic E-state index is 6.10. The fourth-order valence-electron chi connectivity index (χ4n) is 1.85. The highest BCUT2D eigenvalue weighted by atomic mass is 32.1. The second-order valence-corrected chi connectivity index (χ2v) is 4.40. The van der Waals surface area contributed by atoms with Gasteiger partial charge in [-0.25, -0.2) is 0 Å². The highest BCUT2D eigenvalue weighted by Gasteiger charge is 2.08. The predicted octanol–water partition coefficient (Wildman–Crippen LogP) is 3.61. The van der Waals surface area contributed by atoms with Gasteiger partial charge >= 0.3 is 0 Å². The van der Waals surface area contributed by atoms with Crippen LogP contribution in [-0.2, 0) is 12.8 Å². The number of aryl methyl sites for hydroxylation is 2. The first kappa shape index (κ1) is 9.53. The molecule has 0 saturated heterocycles. The molecule has 2 rings (SSSR count). The predicted molar refractivity (Wildman–Crippen MR) is 65.0 cm³/mol. The van der Waals surface area contributed by atoms with E-state index in [2.05, 4.69) is 31.4 Å². The minimum Gasteiger partial charge on any atom is -0.398 e. The second-order valence-electron chi connectivity index (χ2n) is 3.48. The van der Waals surface area contributed by atoms with Gasteiger partial charge in [-0.2, -0.15) is 0 Å². The van der Waals surface area contributed by atoms with Gasteiger partial charge in [0, 0.05) is 15.8 Å². The molecule has 0 aliphatic rings. The van der Waals surface area contributed by atoms with E-state index in [0.717, 1.165) is 18.5 Å². The third-order valence-electron chi connectivity index (χ3n) is 2.70. The zero-order chi connectivity index (χ0) is 10.1. The Balaban J connectivity index is 2.80. The zero-order valence-corrected chi connectivity index (χ0v) is 9.45. The molecule has 0 amide bonds. The Morgan fingerprint density at radius 2 is 1.93 bits per heavy atom. The van der Waals surface area contributed by atoms with Crippen LogP contribution in [0.2, 0.25) is 0 Å². The lowest BCUT2D eigenvalue weighted by Gasteiger charge is -2.08. The van der Waals surface area contributed by atoms with E-state index in [1.165, 1.54) is 21.2 Å². The van der Waals surface area contributed by atoms with Gasteiger partial charge in [0.05, 0.1) is 0 Å². The lowest BCUT2D eigenvalue weighted by molar-refractivity contribution is 1.11. The average molecular weight is 205 g/mol. The average Bonchev–Trinajstić information content (AvgIpc) is 2.68. The molecule has 0 saturated carbocycles. The van der Waals surface area contributed by atoms with E-state index in [4.69, 9.17) is 5.73 Å². The van der Waals surface area contributed by atoms with Crippen molar-refractivity contribution in [3.05, 3.63) is 28.6 Å². The van der Waals surface area contributed by atoms with E-state index in [-0.39, 0.29) is 0 Å². The van der Waals surface area contributed by atoms with Crippen LogP contribution >= 0.6 is 11.3 Å². The molecule has 0 radical (unpaired) electrons. The number of benzene rings is 1. The number of rotatable bonds is 2. The van der Waals surface area contributed by atoms with Crippen LogP contribution in [0.15, 0.2) is 17.5 Å². The van der Waals surface area contributed by atoms with Gasteiger partial charge in [-0.15, -0.1) is 11.3 Å². The molecule has 0 fully saturated rings. The summed E-state index contributed by atoms with van der Waals surface area (Å²) in [5, 5.41) is 3.37. The van der Waals surface area contributed by atoms with Crippen LogP contribution in [0, 0.1) is 0 Å². The van der Waals surface area contributed by atoms with Gasteiger partial charge in [-0.3, -0.25) is 0 Å². The summed E-state index contributed by atoms with van der Waals surface area (Å²) >= 11 is 1.79. The highest BCUT2D eigenvalue weighted by Crippen LogP contribution is 2.33. The Labute approximate surface area is 88.6 Å². The fourth-order valence-corrected chi connectivity index (χ4v) is 2.85. The van der Waals surface area contributed by atoms with Crippen molar-refractivity contribution in [2.75, 3.05) is 5.73 Å². The molecule has 74 valence electrons. The third-order valence-corrected chi connectivity index (χ3v) is 3.69. The topological polar surface area (TPSA) is 26.0 Å². The second kappa shape index (κ2) is 3.62. The van der Waals surface area contributed by atoms with E-state index in [1.807, 2.05) is 0 Å². The first-order valence-electron chi connectivity index (χ1n) is 5.05. The number of hydrogen-bond acceptors (Lipinski definition) is 2. The van der Waals surface area contributed by atoms with Crippen LogP contribution in [0.4, 0.5) is 5.69 Å². The molecule has 2 aromatic rings. The molecule has 0 aliphatic carbocycles. The zero-order valence-electron chi connectivity index (χ0n) is 8.63. The van der Waals surface area contributed by atoms with Crippen molar-refractivity contribution in [1.82, 2.24) is 0 Å². The van der Waals surface area contributed by atoms with Crippen LogP contribution in [-0.4, -0.2) is 0 Å². The minimum atomic E-state index is 0.973. The largest absolute Gasteiger partial charge is 0.398 e. The highest BCUT2D eigenvalue weighted by molar-refractivity contribution is 7.17. The van der Waals surface area contributed by atoms with Crippen molar-refractivity contribution in [2.24, 2.45) is 0 Å². The maximum absolute atomic E-state index is 6.10. The van der Waals surface area contributed by atoms with Crippen molar-refractivity contribution in [3.8, 4) is 0 Å². The molecular formula is C12H15NS. The van der Waals surface area contributed by atoms with E-state index in [0.29, 0.717) is 0 Å². The number of nitrogen functional groups attached to an aromatic ring is 1. The van der Waals surface area contributed by atoms with E-state index >= 15 is 0 Å². The minimum absolute atomic E-state index is 0.973. The van der Waals surface area contributed by atoms with Gasteiger partial charge in [-0.1, -0.05) is 19.9 Å². The molecule has 0 bridgehead atoms. The standard InChI is InChI=1S/C12H15NS/c1-3-8-7-9(4-2)12-10(11(8)13)5-6-14-12/h5-7H,3-4,13H2,1-2H3. The summed E-state index contributed by atoms with van der Waals surface area (Å²) < 4.78 is 1.36. The van der Waals surface area contributed by atoms with Crippen LogP contribution in [0.5, 0.6) is 0 Å². The number of hydrogen-bond donors (Lipinski definition) is 1. The van der Waals surface area contributed by atoms with Crippen molar-refractivity contribution >= 4 is 27.1 Å². The summed E-state index contributed by atoms with van der Waals surface area (Å²) in [4.78, 5) is 0. The molecular weight excluding hydrogens is 190 g/mol. The number of thiophene rings is 1. The van der Waals surface area contributed by atoms with E-state index in [9.17, 15) is 0 Å². The van der Waals surface area contributed by atoms with Crippen molar-refractivity contribution in [2.45, 2.75) is 26.7 Å². The van der Waals surface area contributed by atoms with Crippen LogP contribution in [0.3, 0.4) is 0 Å². The van der Waals surface area contributed by atoms with Crippen molar-refractivity contribution < 1.29 is 0 Å². The van der Waals surface area contributed by atoms with Gasteiger partial charge in [0.15, 0.2) is 0 Å². The van der Waals surface area contributed by atoms with E-state index in [1.54, 1.807) is 11.3 Å². The number of nitrogens with two attached hydrogens (primary N) is 1. The Morgan fingerprint density at radius 3 is 2.57 bits per heavy atom. The monoisotopic (exact) mass is 205 g/mol. The van der Waals surface area contributed by atoms with Gasteiger partial charge in [-0.05, 0) is 35.4 Å². The number of fused-ring (bicyclic) bond motifs is 1. The first-order chi connectivity index (χ1) is 6.77. The van der Waals surface area contributed by atoms with Gasteiger partial charge < -0.3 is 5.73 Å². The lowest BCUT2D eigenvalue weighted by Crippen LogP contribution is -1.95. The Kier molecular flexibility index (Phi) is 2.46. The van der Waals surface area contributed by atoms with E-state index < -0.39 is 0 Å². The summed E-state index contributed by atoms with van der Waals surface area (Å²) in [5.41, 5.74) is 9.79. The molecule has 2 heteroatoms.